The van der Waals surface area contributed by atoms with Crippen molar-refractivity contribution >= 4 is 38.3 Å². The van der Waals surface area contributed by atoms with Gasteiger partial charge in [-0.05, 0) is 39.3 Å². The maximum Gasteiger partial charge on any atom is 0.322 e. The molecule has 0 aromatic rings. The Hall–Kier alpha value is 0.841. The van der Waals surface area contributed by atoms with Gasteiger partial charge in [-0.25, -0.2) is 0 Å². The van der Waals surface area contributed by atoms with Crippen molar-refractivity contribution in [2.24, 2.45) is 0 Å². The topological polar surface area (TPSA) is 36.9 Å². The van der Waals surface area contributed by atoms with Crippen molar-refractivity contribution in [1.82, 2.24) is 0 Å². The van der Waals surface area contributed by atoms with E-state index in [9.17, 15) is 0 Å². The minimum absolute atomic E-state index is 0.623. The summed E-state index contributed by atoms with van der Waals surface area (Å²) in [5.41, 5.74) is 0. The molecule has 4 nitrogen and oxygen atoms in total. The summed E-state index contributed by atoms with van der Waals surface area (Å²) in [6.07, 6.45) is 0. The van der Waals surface area contributed by atoms with Crippen molar-refractivity contribution in [3.8, 4) is 0 Å². The fraction of sp³-hybridized carbons (Fsp3) is 1.00. The molecule has 0 bridgehead atoms. The molecule has 0 spiro atoms. The summed E-state index contributed by atoms with van der Waals surface area (Å²) in [4.78, 5) is 0. The van der Waals surface area contributed by atoms with E-state index in [0.717, 1.165) is 0 Å². The Morgan fingerprint density at radius 1 is 0.824 bits per heavy atom. The van der Waals surface area contributed by atoms with E-state index in [1.54, 1.807) is 7.11 Å². The molecule has 0 N–H and O–H groups in total. The van der Waals surface area contributed by atoms with Gasteiger partial charge >= 0.3 is 25.7 Å². The van der Waals surface area contributed by atoms with Gasteiger partial charge in [-0.1, -0.05) is 0 Å². The molecule has 0 aromatic heterocycles. The minimum Gasteiger partial charge on any atom is -0.415 e. The Morgan fingerprint density at radius 3 is 1.71 bits per heavy atom. The second-order valence-electron chi connectivity index (χ2n) is 5.18. The highest BCUT2D eigenvalue weighted by Gasteiger charge is 2.41. The molecule has 0 aliphatic rings. The van der Waals surface area contributed by atoms with Crippen LogP contribution in [-0.4, -0.2) is 45.2 Å². The molecule has 0 atom stereocenters. The van der Waals surface area contributed by atoms with Gasteiger partial charge in [-0.2, -0.15) is 12.6 Å². The number of hydrogen-bond acceptors (Lipinski definition) is 5. The van der Waals surface area contributed by atoms with Crippen LogP contribution in [0.5, 0.6) is 0 Å². The lowest BCUT2D eigenvalue weighted by molar-refractivity contribution is 0.228. The van der Waals surface area contributed by atoms with E-state index in [1.165, 1.54) is 0 Å². The van der Waals surface area contributed by atoms with Crippen LogP contribution in [0.1, 0.15) is 0 Å². The molecular weight excluding hydrogens is 288 g/mol. The summed E-state index contributed by atoms with van der Waals surface area (Å²) >= 11 is 4.14. The molecular formula is C9H26O4SSi3. The van der Waals surface area contributed by atoms with Crippen LogP contribution in [0.3, 0.4) is 0 Å². The Labute approximate surface area is 114 Å². The molecule has 0 aliphatic carbocycles. The lowest BCUT2D eigenvalue weighted by Gasteiger charge is -2.36. The third-order valence-electron chi connectivity index (χ3n) is 2.02. The molecule has 0 aliphatic heterocycles. The second-order valence-corrected chi connectivity index (χ2v) is 16.4. The van der Waals surface area contributed by atoms with Crippen molar-refractivity contribution in [2.75, 3.05) is 19.5 Å². The average molecular weight is 315 g/mol. The van der Waals surface area contributed by atoms with Gasteiger partial charge in [0, 0.05) is 19.5 Å². The maximum absolute atomic E-state index is 6.12. The van der Waals surface area contributed by atoms with Gasteiger partial charge in [0.05, 0.1) is 0 Å². The van der Waals surface area contributed by atoms with Crippen molar-refractivity contribution in [3.63, 3.8) is 0 Å². The van der Waals surface area contributed by atoms with Crippen LogP contribution in [0.25, 0.3) is 0 Å². The van der Waals surface area contributed by atoms with Crippen LogP contribution in [0.15, 0.2) is 0 Å². The lowest BCUT2D eigenvalue weighted by atomic mass is 10.9. The van der Waals surface area contributed by atoms with Crippen molar-refractivity contribution in [2.45, 2.75) is 39.3 Å². The van der Waals surface area contributed by atoms with Gasteiger partial charge in [0.15, 0.2) is 0 Å². The van der Waals surface area contributed by atoms with E-state index in [1.807, 2.05) is 39.3 Å². The van der Waals surface area contributed by atoms with E-state index in [-0.39, 0.29) is 0 Å². The van der Waals surface area contributed by atoms with Gasteiger partial charge in [-0.3, -0.25) is 0 Å². The normalized spacial score (nSPS) is 14.1. The molecule has 0 saturated heterocycles. The zero-order valence-corrected chi connectivity index (χ0v) is 15.9. The molecule has 0 rings (SSSR count). The van der Waals surface area contributed by atoms with Crippen LogP contribution < -0.4 is 0 Å². The zero-order valence-electron chi connectivity index (χ0n) is 12.0. The molecule has 104 valence electrons. The minimum atomic E-state index is -2.20. The zero-order chi connectivity index (χ0) is 13.7. The summed E-state index contributed by atoms with van der Waals surface area (Å²) in [5.74, 6) is 0.709. The SMILES string of the molecule is CO[Si](C)(C)O[Si](C)(C)O[Si](C)(C)OCCS. The van der Waals surface area contributed by atoms with Gasteiger partial charge in [0.1, 0.15) is 0 Å². The second kappa shape index (κ2) is 6.85. The van der Waals surface area contributed by atoms with Gasteiger partial charge < -0.3 is 17.1 Å². The highest BCUT2D eigenvalue weighted by Crippen LogP contribution is 2.21. The largest absolute Gasteiger partial charge is 0.415 e. The summed E-state index contributed by atoms with van der Waals surface area (Å²) < 4.78 is 23.3. The Bertz CT molecular complexity index is 236. The first-order valence-corrected chi connectivity index (χ1v) is 14.8. The summed E-state index contributed by atoms with van der Waals surface area (Å²) in [5, 5.41) is 0. The van der Waals surface area contributed by atoms with Crippen LogP contribution in [0.4, 0.5) is 0 Å². The first-order valence-electron chi connectivity index (χ1n) is 5.74. The quantitative estimate of drug-likeness (QED) is 0.552. The first kappa shape index (κ1) is 17.8. The maximum atomic E-state index is 6.12. The summed E-state index contributed by atoms with van der Waals surface area (Å²) in [7, 11) is -4.68. The third kappa shape index (κ3) is 8.54. The van der Waals surface area contributed by atoms with Crippen molar-refractivity contribution in [1.29, 1.82) is 0 Å². The number of thiol groups is 1. The van der Waals surface area contributed by atoms with E-state index >= 15 is 0 Å². The lowest BCUT2D eigenvalue weighted by Crippen LogP contribution is -2.54. The van der Waals surface area contributed by atoms with Crippen LogP contribution >= 0.6 is 12.6 Å². The predicted octanol–water partition coefficient (Wildman–Crippen LogP) is 2.72. The van der Waals surface area contributed by atoms with Crippen LogP contribution in [0, 0.1) is 0 Å². The predicted molar refractivity (Wildman–Crippen MR) is 81.4 cm³/mol. The molecule has 0 aromatic carbocycles. The Balaban J connectivity index is 4.42. The smallest absolute Gasteiger partial charge is 0.322 e. The summed E-state index contributed by atoms with van der Waals surface area (Å²) in [6.45, 7) is 12.8. The number of hydrogen-bond donors (Lipinski definition) is 1. The van der Waals surface area contributed by atoms with E-state index in [0.29, 0.717) is 12.4 Å². The van der Waals surface area contributed by atoms with E-state index < -0.39 is 25.7 Å². The Kier molecular flexibility index (Phi) is 7.19. The van der Waals surface area contributed by atoms with Crippen LogP contribution in [0.2, 0.25) is 39.3 Å². The van der Waals surface area contributed by atoms with Crippen LogP contribution in [-0.2, 0) is 17.1 Å². The summed E-state index contributed by atoms with van der Waals surface area (Å²) in [6, 6.07) is 0. The van der Waals surface area contributed by atoms with Gasteiger partial charge in [0.25, 0.3) is 0 Å². The molecule has 17 heavy (non-hydrogen) atoms. The van der Waals surface area contributed by atoms with Gasteiger partial charge in [-0.15, -0.1) is 0 Å². The van der Waals surface area contributed by atoms with Gasteiger partial charge in [0.2, 0.25) is 0 Å². The molecule has 0 amide bonds. The van der Waals surface area contributed by atoms with E-state index in [2.05, 4.69) is 12.6 Å². The molecule has 0 radical (unpaired) electrons. The third-order valence-corrected chi connectivity index (χ3v) is 11.9. The molecule has 8 heteroatoms. The van der Waals surface area contributed by atoms with Crippen molar-refractivity contribution in [3.05, 3.63) is 0 Å². The fourth-order valence-corrected chi connectivity index (χ4v) is 13.0. The average Bonchev–Trinajstić information content (AvgIpc) is 2.11. The number of rotatable bonds is 8. The molecule has 0 fully saturated rings. The van der Waals surface area contributed by atoms with E-state index in [4.69, 9.17) is 17.1 Å². The first-order chi connectivity index (χ1) is 7.54. The monoisotopic (exact) mass is 314 g/mol. The molecule has 0 saturated carbocycles. The van der Waals surface area contributed by atoms with Crippen molar-refractivity contribution < 1.29 is 17.1 Å². The molecule has 0 unspecified atom stereocenters. The Morgan fingerprint density at radius 2 is 1.29 bits per heavy atom. The highest BCUT2D eigenvalue weighted by atomic mass is 32.1. The highest BCUT2D eigenvalue weighted by molar-refractivity contribution is 7.80. The standard InChI is InChI=1S/C9H26O4SSi3/c1-10-15(2,3)12-17(6,7)13-16(4,5)11-8-9-14/h14H,8-9H2,1-7H3. The fourth-order valence-electron chi connectivity index (χ4n) is 1.57. The molecule has 0 heterocycles.